The van der Waals surface area contributed by atoms with Crippen LogP contribution < -0.4 is 5.32 Å². The van der Waals surface area contributed by atoms with Crippen molar-refractivity contribution in [2.75, 3.05) is 6.54 Å². The molecule has 0 saturated heterocycles. The number of hydrogen-bond donors (Lipinski definition) is 1. The van der Waals surface area contributed by atoms with E-state index in [0.29, 0.717) is 0 Å². The largest absolute Gasteiger partial charge is 0.314 e. The van der Waals surface area contributed by atoms with Crippen LogP contribution in [0.15, 0.2) is 0 Å². The minimum atomic E-state index is 0.742. The molecular formula is C12H27N. The molecule has 0 bridgehead atoms. The zero-order chi connectivity index (χ0) is 10.3. The molecular weight excluding hydrogens is 158 g/mol. The van der Waals surface area contributed by atoms with Gasteiger partial charge in [0.25, 0.3) is 0 Å². The molecule has 0 aliphatic heterocycles. The SMILES string of the molecule is CCCC(CC)NCC(C)C(C)C. The molecule has 0 saturated carbocycles. The Morgan fingerprint density at radius 1 is 1.08 bits per heavy atom. The predicted molar refractivity (Wildman–Crippen MR) is 61.0 cm³/mol. The van der Waals surface area contributed by atoms with Crippen molar-refractivity contribution >= 4 is 0 Å². The predicted octanol–water partition coefficient (Wildman–Crippen LogP) is 3.45. The van der Waals surface area contributed by atoms with Gasteiger partial charge in [0.1, 0.15) is 0 Å². The van der Waals surface area contributed by atoms with Gasteiger partial charge in [-0.25, -0.2) is 0 Å². The standard InChI is InChI=1S/C12H27N/c1-6-8-12(7-2)13-9-11(5)10(3)4/h10-13H,6-9H2,1-5H3. The minimum Gasteiger partial charge on any atom is -0.314 e. The molecule has 0 fully saturated rings. The second kappa shape index (κ2) is 7.37. The van der Waals surface area contributed by atoms with E-state index >= 15 is 0 Å². The second-order valence-corrected chi connectivity index (χ2v) is 4.52. The Hall–Kier alpha value is -0.0400. The lowest BCUT2D eigenvalue weighted by Crippen LogP contribution is -2.33. The van der Waals surface area contributed by atoms with Gasteiger partial charge in [0.2, 0.25) is 0 Å². The van der Waals surface area contributed by atoms with Gasteiger partial charge in [-0.3, -0.25) is 0 Å². The van der Waals surface area contributed by atoms with E-state index in [1.165, 1.54) is 25.8 Å². The number of hydrogen-bond acceptors (Lipinski definition) is 1. The lowest BCUT2D eigenvalue weighted by molar-refractivity contribution is 0.354. The van der Waals surface area contributed by atoms with Gasteiger partial charge in [0.15, 0.2) is 0 Å². The van der Waals surface area contributed by atoms with Crippen molar-refractivity contribution in [2.24, 2.45) is 11.8 Å². The van der Waals surface area contributed by atoms with Crippen LogP contribution in [0.25, 0.3) is 0 Å². The van der Waals surface area contributed by atoms with Crippen molar-refractivity contribution in [1.29, 1.82) is 0 Å². The summed E-state index contributed by atoms with van der Waals surface area (Å²) in [6.07, 6.45) is 3.88. The maximum absolute atomic E-state index is 3.65. The molecule has 13 heavy (non-hydrogen) atoms. The van der Waals surface area contributed by atoms with Gasteiger partial charge in [-0.05, 0) is 31.2 Å². The zero-order valence-electron chi connectivity index (χ0n) is 10.1. The van der Waals surface area contributed by atoms with Crippen LogP contribution in [0.1, 0.15) is 53.9 Å². The van der Waals surface area contributed by atoms with Crippen LogP contribution in [0, 0.1) is 11.8 Å². The number of rotatable bonds is 7. The normalized spacial score (nSPS) is 16.2. The van der Waals surface area contributed by atoms with E-state index in [0.717, 1.165) is 17.9 Å². The van der Waals surface area contributed by atoms with Crippen LogP contribution in [0.4, 0.5) is 0 Å². The van der Waals surface area contributed by atoms with E-state index in [9.17, 15) is 0 Å². The highest BCUT2D eigenvalue weighted by atomic mass is 14.9. The molecule has 1 N–H and O–H groups in total. The molecule has 2 unspecified atom stereocenters. The molecule has 1 nitrogen and oxygen atoms in total. The first-order valence-electron chi connectivity index (χ1n) is 5.85. The fourth-order valence-corrected chi connectivity index (χ4v) is 1.39. The van der Waals surface area contributed by atoms with Gasteiger partial charge in [-0.1, -0.05) is 41.0 Å². The molecule has 0 aromatic heterocycles. The van der Waals surface area contributed by atoms with Crippen LogP contribution in [0.3, 0.4) is 0 Å². The first kappa shape index (κ1) is 13.0. The van der Waals surface area contributed by atoms with Gasteiger partial charge in [0, 0.05) is 6.04 Å². The lowest BCUT2D eigenvalue weighted by Gasteiger charge is -2.21. The average molecular weight is 185 g/mol. The zero-order valence-corrected chi connectivity index (χ0v) is 10.1. The summed E-state index contributed by atoms with van der Waals surface area (Å²) >= 11 is 0. The molecule has 0 aromatic rings. The highest BCUT2D eigenvalue weighted by molar-refractivity contribution is 4.67. The van der Waals surface area contributed by atoms with Crippen molar-refractivity contribution < 1.29 is 0 Å². The molecule has 0 rings (SSSR count). The van der Waals surface area contributed by atoms with Crippen molar-refractivity contribution in [1.82, 2.24) is 5.32 Å². The van der Waals surface area contributed by atoms with Crippen LogP contribution >= 0.6 is 0 Å². The lowest BCUT2D eigenvalue weighted by atomic mass is 9.97. The Morgan fingerprint density at radius 2 is 1.69 bits per heavy atom. The molecule has 2 atom stereocenters. The van der Waals surface area contributed by atoms with E-state index < -0.39 is 0 Å². The quantitative estimate of drug-likeness (QED) is 0.640. The summed E-state index contributed by atoms with van der Waals surface area (Å²) in [5.41, 5.74) is 0. The Bertz CT molecular complexity index is 110. The van der Waals surface area contributed by atoms with Gasteiger partial charge in [-0.2, -0.15) is 0 Å². The summed E-state index contributed by atoms with van der Waals surface area (Å²) in [4.78, 5) is 0. The molecule has 1 heteroatoms. The molecule has 0 aromatic carbocycles. The van der Waals surface area contributed by atoms with Gasteiger partial charge < -0.3 is 5.32 Å². The maximum Gasteiger partial charge on any atom is 0.00644 e. The Labute approximate surface area is 84.3 Å². The molecule has 0 spiro atoms. The molecule has 0 radical (unpaired) electrons. The topological polar surface area (TPSA) is 12.0 Å². The third-order valence-corrected chi connectivity index (χ3v) is 3.00. The third kappa shape index (κ3) is 6.09. The fraction of sp³-hybridized carbons (Fsp3) is 1.00. The van der Waals surface area contributed by atoms with Gasteiger partial charge >= 0.3 is 0 Å². The summed E-state index contributed by atoms with van der Waals surface area (Å²) < 4.78 is 0. The summed E-state index contributed by atoms with van der Waals surface area (Å²) in [5, 5.41) is 3.65. The van der Waals surface area contributed by atoms with E-state index in [1.807, 2.05) is 0 Å². The number of nitrogens with one attached hydrogen (secondary N) is 1. The molecule has 0 aliphatic carbocycles. The molecule has 0 aliphatic rings. The summed E-state index contributed by atoms with van der Waals surface area (Å²) in [6.45, 7) is 12.6. The first-order valence-corrected chi connectivity index (χ1v) is 5.85. The van der Waals surface area contributed by atoms with Crippen LogP contribution in [-0.2, 0) is 0 Å². The van der Waals surface area contributed by atoms with E-state index in [1.54, 1.807) is 0 Å². The summed E-state index contributed by atoms with van der Waals surface area (Å²) in [5.74, 6) is 1.59. The van der Waals surface area contributed by atoms with Crippen molar-refractivity contribution in [3.8, 4) is 0 Å². The average Bonchev–Trinajstić information content (AvgIpc) is 2.11. The minimum absolute atomic E-state index is 0.742. The Morgan fingerprint density at radius 3 is 2.08 bits per heavy atom. The smallest absolute Gasteiger partial charge is 0.00644 e. The second-order valence-electron chi connectivity index (χ2n) is 4.52. The van der Waals surface area contributed by atoms with E-state index in [4.69, 9.17) is 0 Å². The fourth-order valence-electron chi connectivity index (χ4n) is 1.39. The third-order valence-electron chi connectivity index (χ3n) is 3.00. The Balaban J connectivity index is 3.58. The highest BCUT2D eigenvalue weighted by Crippen LogP contribution is 2.09. The molecule has 0 heterocycles. The first-order chi connectivity index (χ1) is 6.11. The summed E-state index contributed by atoms with van der Waals surface area (Å²) in [6, 6.07) is 0.742. The van der Waals surface area contributed by atoms with Crippen molar-refractivity contribution in [3.05, 3.63) is 0 Å². The van der Waals surface area contributed by atoms with Crippen LogP contribution in [-0.4, -0.2) is 12.6 Å². The van der Waals surface area contributed by atoms with E-state index in [-0.39, 0.29) is 0 Å². The van der Waals surface area contributed by atoms with Gasteiger partial charge in [0.05, 0.1) is 0 Å². The summed E-state index contributed by atoms with van der Waals surface area (Å²) in [7, 11) is 0. The molecule has 80 valence electrons. The van der Waals surface area contributed by atoms with Crippen LogP contribution in [0.5, 0.6) is 0 Å². The monoisotopic (exact) mass is 185 g/mol. The Kier molecular flexibility index (Phi) is 7.35. The van der Waals surface area contributed by atoms with Gasteiger partial charge in [-0.15, -0.1) is 0 Å². The maximum atomic E-state index is 3.65. The highest BCUT2D eigenvalue weighted by Gasteiger charge is 2.09. The van der Waals surface area contributed by atoms with Crippen LogP contribution in [0.2, 0.25) is 0 Å². The van der Waals surface area contributed by atoms with Crippen molar-refractivity contribution in [3.63, 3.8) is 0 Å². The van der Waals surface area contributed by atoms with Crippen molar-refractivity contribution in [2.45, 2.75) is 59.9 Å². The molecule has 0 amide bonds. The van der Waals surface area contributed by atoms with E-state index in [2.05, 4.69) is 39.9 Å².